The van der Waals surface area contributed by atoms with Crippen LogP contribution in [0.3, 0.4) is 0 Å². The quantitative estimate of drug-likeness (QED) is 0.937. The largest absolute Gasteiger partial charge is 0.368 e. The lowest BCUT2D eigenvalue weighted by molar-refractivity contribution is -0.126. The predicted octanol–water partition coefficient (Wildman–Crippen LogP) is 2.06. The Hall–Kier alpha value is -1.76. The van der Waals surface area contributed by atoms with Crippen molar-refractivity contribution in [2.75, 3.05) is 19.7 Å². The van der Waals surface area contributed by atoms with Crippen LogP contribution in [0.25, 0.3) is 11.3 Å². The predicted molar refractivity (Wildman–Crippen MR) is 86.5 cm³/mol. The second-order valence-electron chi connectivity index (χ2n) is 5.37. The van der Waals surface area contributed by atoms with Crippen LogP contribution in [0, 0.1) is 0 Å². The number of hydrogen-bond acceptors (Lipinski definition) is 5. The van der Waals surface area contributed by atoms with Crippen molar-refractivity contribution in [1.82, 2.24) is 9.88 Å². The number of carbonyl (C=O) groups excluding carboxylic acids is 1. The van der Waals surface area contributed by atoms with Crippen LogP contribution in [0.2, 0.25) is 0 Å². The minimum Gasteiger partial charge on any atom is -0.368 e. The number of carbonyl (C=O) groups is 1. The molecule has 2 aromatic rings. The molecule has 1 amide bonds. The molecule has 0 aliphatic carbocycles. The highest BCUT2D eigenvalue weighted by molar-refractivity contribution is 7.10. The van der Waals surface area contributed by atoms with Crippen molar-refractivity contribution in [2.24, 2.45) is 5.73 Å². The van der Waals surface area contributed by atoms with Crippen LogP contribution in [-0.2, 0) is 9.53 Å². The third kappa shape index (κ3) is 3.19. The summed E-state index contributed by atoms with van der Waals surface area (Å²) in [7, 11) is 0. The second kappa shape index (κ2) is 6.56. The molecule has 2 atom stereocenters. The van der Waals surface area contributed by atoms with Crippen LogP contribution in [0.15, 0.2) is 35.7 Å². The summed E-state index contributed by atoms with van der Waals surface area (Å²) in [6.07, 6.45) is -0.0991. The van der Waals surface area contributed by atoms with Crippen molar-refractivity contribution in [2.45, 2.75) is 19.1 Å². The van der Waals surface area contributed by atoms with E-state index in [-0.39, 0.29) is 18.1 Å². The molecule has 0 saturated carbocycles. The number of ether oxygens (including phenoxy) is 1. The number of amides is 1. The minimum absolute atomic E-state index is 0.0991. The van der Waals surface area contributed by atoms with Gasteiger partial charge in [0.05, 0.1) is 18.3 Å². The van der Waals surface area contributed by atoms with Gasteiger partial charge in [-0.1, -0.05) is 30.3 Å². The molecule has 3 rings (SSSR count). The van der Waals surface area contributed by atoms with Gasteiger partial charge in [0.1, 0.15) is 11.1 Å². The highest BCUT2D eigenvalue weighted by atomic mass is 32.1. The Morgan fingerprint density at radius 2 is 2.23 bits per heavy atom. The summed E-state index contributed by atoms with van der Waals surface area (Å²) in [6, 6.07) is 9.80. The summed E-state index contributed by atoms with van der Waals surface area (Å²) in [4.78, 5) is 18.1. The number of aromatic nitrogens is 1. The molecule has 22 heavy (non-hydrogen) atoms. The Labute approximate surface area is 133 Å². The van der Waals surface area contributed by atoms with E-state index in [0.29, 0.717) is 13.2 Å². The van der Waals surface area contributed by atoms with Crippen molar-refractivity contribution in [3.8, 4) is 11.3 Å². The van der Waals surface area contributed by atoms with E-state index in [0.717, 1.165) is 22.8 Å². The van der Waals surface area contributed by atoms with Crippen molar-refractivity contribution < 1.29 is 9.53 Å². The van der Waals surface area contributed by atoms with Gasteiger partial charge in [-0.25, -0.2) is 4.98 Å². The van der Waals surface area contributed by atoms with E-state index in [9.17, 15) is 4.79 Å². The number of hydrogen-bond donors (Lipinski definition) is 1. The molecule has 2 heterocycles. The van der Waals surface area contributed by atoms with Crippen LogP contribution in [0.4, 0.5) is 0 Å². The van der Waals surface area contributed by atoms with Crippen LogP contribution in [-0.4, -0.2) is 41.5 Å². The van der Waals surface area contributed by atoms with Gasteiger partial charge in [-0.2, -0.15) is 0 Å². The highest BCUT2D eigenvalue weighted by Crippen LogP contribution is 2.29. The fourth-order valence-corrected chi connectivity index (χ4v) is 3.39. The van der Waals surface area contributed by atoms with Gasteiger partial charge >= 0.3 is 0 Å². The first kappa shape index (κ1) is 15.1. The average molecular weight is 317 g/mol. The molecule has 1 saturated heterocycles. The first-order chi connectivity index (χ1) is 10.6. The number of primary amides is 1. The molecule has 1 fully saturated rings. The van der Waals surface area contributed by atoms with Gasteiger partial charge in [0.2, 0.25) is 5.91 Å². The maximum absolute atomic E-state index is 11.4. The molecule has 2 N–H and O–H groups in total. The van der Waals surface area contributed by atoms with Gasteiger partial charge in [0.15, 0.2) is 0 Å². The molecule has 6 heteroatoms. The van der Waals surface area contributed by atoms with E-state index < -0.39 is 0 Å². The first-order valence-electron chi connectivity index (χ1n) is 7.31. The maximum atomic E-state index is 11.4. The standard InChI is InChI=1S/C16H19N3O2S/c1-11(15(17)20)19-7-8-21-14(9-19)16-18-13(10-22-16)12-5-3-2-4-6-12/h2-6,10-11,14H,7-9H2,1H3,(H2,17,20)/t11-,14+/m0/s1. The zero-order valence-corrected chi connectivity index (χ0v) is 13.3. The van der Waals surface area contributed by atoms with Crippen molar-refractivity contribution in [1.29, 1.82) is 0 Å². The van der Waals surface area contributed by atoms with E-state index in [1.54, 1.807) is 11.3 Å². The van der Waals surface area contributed by atoms with Gasteiger partial charge in [0.25, 0.3) is 0 Å². The summed E-state index contributed by atoms with van der Waals surface area (Å²) in [5.74, 6) is -0.301. The van der Waals surface area contributed by atoms with Gasteiger partial charge in [0, 0.05) is 24.0 Å². The number of nitrogens with zero attached hydrogens (tertiary/aromatic N) is 2. The maximum Gasteiger partial charge on any atom is 0.234 e. The molecule has 1 aromatic heterocycles. The first-order valence-corrected chi connectivity index (χ1v) is 8.19. The molecule has 1 aliphatic heterocycles. The molecule has 0 spiro atoms. The molecule has 0 unspecified atom stereocenters. The lowest BCUT2D eigenvalue weighted by atomic mass is 10.2. The smallest absolute Gasteiger partial charge is 0.234 e. The zero-order chi connectivity index (χ0) is 15.5. The number of thiazole rings is 1. The molecule has 1 aliphatic rings. The lowest BCUT2D eigenvalue weighted by Crippen LogP contribution is -2.48. The van der Waals surface area contributed by atoms with Gasteiger partial charge in [-0.15, -0.1) is 11.3 Å². The van der Waals surface area contributed by atoms with Crippen LogP contribution < -0.4 is 5.73 Å². The van der Waals surface area contributed by atoms with E-state index in [4.69, 9.17) is 15.5 Å². The fraction of sp³-hybridized carbons (Fsp3) is 0.375. The summed E-state index contributed by atoms with van der Waals surface area (Å²) in [5.41, 5.74) is 7.46. The van der Waals surface area contributed by atoms with Crippen LogP contribution in [0.1, 0.15) is 18.0 Å². The highest BCUT2D eigenvalue weighted by Gasteiger charge is 2.29. The molecule has 116 valence electrons. The van der Waals surface area contributed by atoms with Crippen molar-refractivity contribution >= 4 is 17.2 Å². The van der Waals surface area contributed by atoms with E-state index >= 15 is 0 Å². The fourth-order valence-electron chi connectivity index (χ4n) is 2.53. The summed E-state index contributed by atoms with van der Waals surface area (Å²) in [6.45, 7) is 3.79. The van der Waals surface area contributed by atoms with E-state index in [2.05, 4.69) is 4.90 Å². The van der Waals surface area contributed by atoms with Gasteiger partial charge in [-0.3, -0.25) is 9.69 Å². The summed E-state index contributed by atoms with van der Waals surface area (Å²) >= 11 is 1.59. The zero-order valence-electron chi connectivity index (χ0n) is 12.4. The number of rotatable bonds is 4. The summed E-state index contributed by atoms with van der Waals surface area (Å²) in [5, 5.41) is 2.99. The SMILES string of the molecule is C[C@@H](C(N)=O)N1CCO[C@@H](c2nc(-c3ccccc3)cs2)C1. The normalized spacial score (nSPS) is 20.7. The Balaban J connectivity index is 1.74. The Kier molecular flexibility index (Phi) is 4.52. The topological polar surface area (TPSA) is 68.5 Å². The third-order valence-electron chi connectivity index (χ3n) is 3.92. The van der Waals surface area contributed by atoms with Crippen molar-refractivity contribution in [3.63, 3.8) is 0 Å². The molecule has 5 nitrogen and oxygen atoms in total. The Morgan fingerprint density at radius 3 is 2.95 bits per heavy atom. The van der Waals surface area contributed by atoms with Gasteiger partial charge < -0.3 is 10.5 Å². The van der Waals surface area contributed by atoms with E-state index in [1.807, 2.05) is 42.6 Å². The molecule has 0 radical (unpaired) electrons. The number of benzene rings is 1. The molecule has 1 aromatic carbocycles. The molecule has 0 bridgehead atoms. The molecular formula is C16H19N3O2S. The Bertz CT molecular complexity index is 644. The monoisotopic (exact) mass is 317 g/mol. The van der Waals surface area contributed by atoms with Gasteiger partial charge in [-0.05, 0) is 6.92 Å². The molecular weight excluding hydrogens is 298 g/mol. The summed E-state index contributed by atoms with van der Waals surface area (Å²) < 4.78 is 5.83. The van der Waals surface area contributed by atoms with E-state index in [1.165, 1.54) is 0 Å². The lowest BCUT2D eigenvalue weighted by Gasteiger charge is -2.34. The van der Waals surface area contributed by atoms with Crippen LogP contribution in [0.5, 0.6) is 0 Å². The Morgan fingerprint density at radius 1 is 1.45 bits per heavy atom. The second-order valence-corrected chi connectivity index (χ2v) is 6.26. The van der Waals surface area contributed by atoms with Crippen LogP contribution >= 0.6 is 11.3 Å². The van der Waals surface area contributed by atoms with Crippen molar-refractivity contribution in [3.05, 3.63) is 40.7 Å². The average Bonchev–Trinajstić information content (AvgIpc) is 3.05. The number of nitrogens with two attached hydrogens (primary N) is 1. The third-order valence-corrected chi connectivity index (χ3v) is 4.86. The number of morpholine rings is 1. The minimum atomic E-state index is -0.301.